The smallest absolute Gasteiger partial charge is 0.244 e. The maximum absolute atomic E-state index is 11.7. The van der Waals surface area contributed by atoms with Crippen molar-refractivity contribution in [2.24, 2.45) is 11.7 Å². The van der Waals surface area contributed by atoms with E-state index in [0.29, 0.717) is 12.5 Å². The van der Waals surface area contributed by atoms with E-state index in [1.54, 1.807) is 6.92 Å². The molecule has 0 radical (unpaired) electrons. The number of hydrogen-bond acceptors (Lipinski definition) is 4. The lowest BCUT2D eigenvalue weighted by Crippen LogP contribution is -2.41. The molecule has 1 amide bonds. The van der Waals surface area contributed by atoms with Gasteiger partial charge in [0.25, 0.3) is 0 Å². The van der Waals surface area contributed by atoms with E-state index in [2.05, 4.69) is 15.4 Å². The van der Waals surface area contributed by atoms with Crippen molar-refractivity contribution in [3.05, 3.63) is 12.7 Å². The fraction of sp³-hybridized carbons (Fsp3) is 0.700. The van der Waals surface area contributed by atoms with Gasteiger partial charge in [0.15, 0.2) is 0 Å². The minimum atomic E-state index is -0.339. The molecule has 0 saturated heterocycles. The molecular weight excluding hydrogens is 206 g/mol. The van der Waals surface area contributed by atoms with E-state index in [-0.39, 0.29) is 18.0 Å². The van der Waals surface area contributed by atoms with Crippen LogP contribution >= 0.6 is 0 Å². The molecule has 88 valence electrons. The molecule has 0 spiro atoms. The molecule has 0 aliphatic heterocycles. The first-order valence-corrected chi connectivity index (χ1v) is 5.56. The van der Waals surface area contributed by atoms with E-state index in [0.717, 1.165) is 0 Å². The third-order valence-electron chi connectivity index (χ3n) is 2.95. The second-order valence-corrected chi connectivity index (χ2v) is 4.30. The average Bonchev–Trinajstić information content (AvgIpc) is 3.00. The van der Waals surface area contributed by atoms with Crippen LogP contribution in [0.5, 0.6) is 0 Å². The van der Waals surface area contributed by atoms with Gasteiger partial charge in [-0.25, -0.2) is 9.67 Å². The van der Waals surface area contributed by atoms with Gasteiger partial charge in [0.05, 0.1) is 0 Å². The molecule has 16 heavy (non-hydrogen) atoms. The molecule has 1 aliphatic carbocycles. The highest BCUT2D eigenvalue weighted by atomic mass is 16.2. The molecule has 0 bridgehead atoms. The second-order valence-electron chi connectivity index (χ2n) is 4.30. The van der Waals surface area contributed by atoms with Gasteiger partial charge in [0.1, 0.15) is 18.7 Å². The topological polar surface area (TPSA) is 85.8 Å². The Morgan fingerprint density at radius 1 is 1.69 bits per heavy atom. The van der Waals surface area contributed by atoms with E-state index in [9.17, 15) is 4.79 Å². The highest BCUT2D eigenvalue weighted by Gasteiger charge is 2.28. The summed E-state index contributed by atoms with van der Waals surface area (Å²) in [7, 11) is 0. The number of amides is 1. The third kappa shape index (κ3) is 2.57. The van der Waals surface area contributed by atoms with Crippen LogP contribution in [0.2, 0.25) is 0 Å². The minimum Gasteiger partial charge on any atom is -0.353 e. The van der Waals surface area contributed by atoms with Gasteiger partial charge in [-0.1, -0.05) is 0 Å². The van der Waals surface area contributed by atoms with E-state index in [4.69, 9.17) is 5.73 Å². The van der Waals surface area contributed by atoms with Crippen LogP contribution < -0.4 is 11.1 Å². The van der Waals surface area contributed by atoms with Crippen LogP contribution in [0.15, 0.2) is 12.7 Å². The molecule has 1 aromatic heterocycles. The third-order valence-corrected chi connectivity index (χ3v) is 2.95. The Kier molecular flexibility index (Phi) is 3.19. The predicted octanol–water partition coefficient (Wildman–Crippen LogP) is -0.307. The largest absolute Gasteiger partial charge is 0.353 e. The molecule has 2 atom stereocenters. The van der Waals surface area contributed by atoms with Crippen LogP contribution in [0.1, 0.15) is 25.8 Å². The first-order valence-electron chi connectivity index (χ1n) is 5.56. The molecular formula is C10H17N5O. The number of aromatic nitrogens is 3. The highest BCUT2D eigenvalue weighted by molar-refractivity contribution is 5.79. The molecule has 1 heterocycles. The Balaban J connectivity index is 1.78. The summed E-state index contributed by atoms with van der Waals surface area (Å²) in [6.45, 7) is 2.33. The summed E-state index contributed by atoms with van der Waals surface area (Å²) in [5, 5.41) is 6.76. The zero-order valence-corrected chi connectivity index (χ0v) is 9.34. The van der Waals surface area contributed by atoms with Crippen LogP contribution in [0.25, 0.3) is 0 Å². The predicted molar refractivity (Wildman–Crippen MR) is 58.4 cm³/mol. The molecule has 3 N–H and O–H groups in total. The summed E-state index contributed by atoms with van der Waals surface area (Å²) >= 11 is 0. The maximum Gasteiger partial charge on any atom is 0.244 e. The number of carbonyl (C=O) groups excluding carboxylic acids is 1. The van der Waals surface area contributed by atoms with Gasteiger partial charge in [-0.2, -0.15) is 5.10 Å². The SMILES string of the molecule is CC(C(=O)NCC(N)C1CC1)n1cncn1. The molecule has 1 aliphatic rings. The Morgan fingerprint density at radius 2 is 2.44 bits per heavy atom. The highest BCUT2D eigenvalue weighted by Crippen LogP contribution is 2.31. The Bertz CT molecular complexity index is 346. The van der Waals surface area contributed by atoms with Gasteiger partial charge in [-0.15, -0.1) is 0 Å². The fourth-order valence-corrected chi connectivity index (χ4v) is 1.59. The second kappa shape index (κ2) is 4.61. The zero-order valence-electron chi connectivity index (χ0n) is 9.34. The normalized spacial score (nSPS) is 19.1. The van der Waals surface area contributed by atoms with E-state index >= 15 is 0 Å². The number of carbonyl (C=O) groups is 1. The summed E-state index contributed by atoms with van der Waals surface area (Å²) in [6.07, 6.45) is 5.33. The number of nitrogens with two attached hydrogens (primary N) is 1. The molecule has 6 heteroatoms. The first kappa shape index (κ1) is 11.1. The number of hydrogen-bond donors (Lipinski definition) is 2. The van der Waals surface area contributed by atoms with Crippen LogP contribution in [0.4, 0.5) is 0 Å². The van der Waals surface area contributed by atoms with Crippen molar-refractivity contribution in [2.45, 2.75) is 31.8 Å². The standard InChI is InChI=1S/C10H17N5O/c1-7(15-6-12-5-14-15)10(16)13-4-9(11)8-2-3-8/h5-9H,2-4,11H2,1H3,(H,13,16). The van der Waals surface area contributed by atoms with E-state index < -0.39 is 0 Å². The van der Waals surface area contributed by atoms with Gasteiger partial charge in [-0.05, 0) is 25.7 Å². The number of nitrogens with zero attached hydrogens (tertiary/aromatic N) is 3. The lowest BCUT2D eigenvalue weighted by molar-refractivity contribution is -0.124. The van der Waals surface area contributed by atoms with E-state index in [1.165, 1.54) is 30.2 Å². The summed E-state index contributed by atoms with van der Waals surface area (Å²) in [6, 6.07) is -0.249. The number of rotatable bonds is 5. The molecule has 1 saturated carbocycles. The molecule has 2 unspecified atom stereocenters. The molecule has 1 aromatic rings. The van der Waals surface area contributed by atoms with Gasteiger partial charge in [0.2, 0.25) is 5.91 Å². The maximum atomic E-state index is 11.7. The van der Waals surface area contributed by atoms with Crippen molar-refractivity contribution >= 4 is 5.91 Å². The van der Waals surface area contributed by atoms with Gasteiger partial charge < -0.3 is 11.1 Å². The van der Waals surface area contributed by atoms with Crippen molar-refractivity contribution in [3.8, 4) is 0 Å². The van der Waals surface area contributed by atoms with Crippen molar-refractivity contribution < 1.29 is 4.79 Å². The zero-order chi connectivity index (χ0) is 11.5. The van der Waals surface area contributed by atoms with Crippen molar-refractivity contribution in [2.75, 3.05) is 6.54 Å². The molecule has 6 nitrogen and oxygen atoms in total. The van der Waals surface area contributed by atoms with Crippen molar-refractivity contribution in [1.82, 2.24) is 20.1 Å². The van der Waals surface area contributed by atoms with Crippen LogP contribution in [0, 0.1) is 5.92 Å². The minimum absolute atomic E-state index is 0.0680. The van der Waals surface area contributed by atoms with Gasteiger partial charge >= 0.3 is 0 Å². The number of nitrogens with one attached hydrogen (secondary N) is 1. The Morgan fingerprint density at radius 3 is 3.00 bits per heavy atom. The van der Waals surface area contributed by atoms with Crippen LogP contribution in [-0.4, -0.2) is 33.3 Å². The molecule has 0 aromatic carbocycles. The van der Waals surface area contributed by atoms with Gasteiger partial charge in [0, 0.05) is 12.6 Å². The van der Waals surface area contributed by atoms with Crippen molar-refractivity contribution in [3.63, 3.8) is 0 Å². The summed E-state index contributed by atoms with van der Waals surface area (Å²) in [4.78, 5) is 15.5. The monoisotopic (exact) mass is 223 g/mol. The Labute approximate surface area is 94.2 Å². The Hall–Kier alpha value is -1.43. The van der Waals surface area contributed by atoms with Gasteiger partial charge in [-0.3, -0.25) is 4.79 Å². The lowest BCUT2D eigenvalue weighted by Gasteiger charge is -2.15. The van der Waals surface area contributed by atoms with Crippen molar-refractivity contribution in [1.29, 1.82) is 0 Å². The van der Waals surface area contributed by atoms with E-state index in [1.807, 2.05) is 0 Å². The van der Waals surface area contributed by atoms with Crippen LogP contribution in [0.3, 0.4) is 0 Å². The molecule has 1 fully saturated rings. The summed E-state index contributed by atoms with van der Waals surface area (Å²) < 4.78 is 1.53. The summed E-state index contributed by atoms with van der Waals surface area (Å²) in [5.41, 5.74) is 5.90. The summed E-state index contributed by atoms with van der Waals surface area (Å²) in [5.74, 6) is 0.531. The van der Waals surface area contributed by atoms with Crippen LogP contribution in [-0.2, 0) is 4.79 Å². The quantitative estimate of drug-likeness (QED) is 0.717. The first-order chi connectivity index (χ1) is 7.68. The lowest BCUT2D eigenvalue weighted by atomic mass is 10.2. The fourth-order valence-electron chi connectivity index (χ4n) is 1.59. The molecule has 2 rings (SSSR count). The average molecular weight is 223 g/mol.